The Labute approximate surface area is 103 Å². The Balaban J connectivity index is 2.21. The van der Waals surface area contributed by atoms with E-state index < -0.39 is 0 Å². The Kier molecular flexibility index (Phi) is 2.98. The van der Waals surface area contributed by atoms with E-state index in [2.05, 4.69) is 45.1 Å². The SMILES string of the molecule is Cc1cc(C)c(NC(=O)C2(C)CCC2)c(C)c1. The number of anilines is 1. The second kappa shape index (κ2) is 4.17. The quantitative estimate of drug-likeness (QED) is 0.825. The van der Waals surface area contributed by atoms with Gasteiger partial charge in [-0.25, -0.2) is 0 Å². The van der Waals surface area contributed by atoms with Gasteiger partial charge < -0.3 is 5.32 Å². The second-order valence-corrected chi connectivity index (χ2v) is 5.64. The molecule has 0 saturated heterocycles. The van der Waals surface area contributed by atoms with Crippen LogP contribution in [0.4, 0.5) is 5.69 Å². The average molecular weight is 231 g/mol. The van der Waals surface area contributed by atoms with E-state index in [4.69, 9.17) is 0 Å². The van der Waals surface area contributed by atoms with E-state index in [-0.39, 0.29) is 11.3 Å². The van der Waals surface area contributed by atoms with Gasteiger partial charge in [0.15, 0.2) is 0 Å². The van der Waals surface area contributed by atoms with Crippen LogP contribution in [0.1, 0.15) is 42.9 Å². The molecule has 1 amide bonds. The number of nitrogens with one attached hydrogen (secondary N) is 1. The molecule has 0 aliphatic heterocycles. The fourth-order valence-corrected chi connectivity index (χ4v) is 2.58. The third kappa shape index (κ3) is 2.21. The van der Waals surface area contributed by atoms with Gasteiger partial charge in [-0.3, -0.25) is 4.79 Å². The lowest BCUT2D eigenvalue weighted by Crippen LogP contribution is -2.39. The molecule has 1 aromatic carbocycles. The Hall–Kier alpha value is -1.31. The van der Waals surface area contributed by atoms with Crippen LogP contribution in [0.3, 0.4) is 0 Å². The summed E-state index contributed by atoms with van der Waals surface area (Å²) in [5.41, 5.74) is 4.41. The highest BCUT2D eigenvalue weighted by atomic mass is 16.2. The van der Waals surface area contributed by atoms with Gasteiger partial charge >= 0.3 is 0 Å². The molecular weight excluding hydrogens is 210 g/mol. The highest BCUT2D eigenvalue weighted by Crippen LogP contribution is 2.41. The highest BCUT2D eigenvalue weighted by molar-refractivity contribution is 5.96. The molecule has 17 heavy (non-hydrogen) atoms. The van der Waals surface area contributed by atoms with Crippen molar-refractivity contribution in [1.82, 2.24) is 0 Å². The summed E-state index contributed by atoms with van der Waals surface area (Å²) in [6.45, 7) is 8.25. The van der Waals surface area contributed by atoms with E-state index in [9.17, 15) is 4.79 Å². The summed E-state index contributed by atoms with van der Waals surface area (Å²) < 4.78 is 0. The summed E-state index contributed by atoms with van der Waals surface area (Å²) >= 11 is 0. The largest absolute Gasteiger partial charge is 0.325 e. The van der Waals surface area contributed by atoms with Crippen LogP contribution in [0.15, 0.2) is 12.1 Å². The van der Waals surface area contributed by atoms with Crippen molar-refractivity contribution < 1.29 is 4.79 Å². The molecule has 1 aromatic rings. The van der Waals surface area contributed by atoms with E-state index in [1.807, 2.05) is 0 Å². The lowest BCUT2D eigenvalue weighted by molar-refractivity contribution is -0.128. The molecule has 2 rings (SSSR count). The number of carbonyl (C=O) groups is 1. The molecule has 0 bridgehead atoms. The van der Waals surface area contributed by atoms with Gasteiger partial charge in [0.05, 0.1) is 0 Å². The van der Waals surface area contributed by atoms with Crippen LogP contribution in [0.2, 0.25) is 0 Å². The molecule has 0 unspecified atom stereocenters. The van der Waals surface area contributed by atoms with Gasteiger partial charge in [-0.05, 0) is 44.7 Å². The topological polar surface area (TPSA) is 29.1 Å². The summed E-state index contributed by atoms with van der Waals surface area (Å²) in [6, 6.07) is 4.23. The minimum atomic E-state index is -0.135. The van der Waals surface area contributed by atoms with Gasteiger partial charge in [-0.1, -0.05) is 31.0 Å². The fourth-order valence-electron chi connectivity index (χ4n) is 2.58. The van der Waals surface area contributed by atoms with Crippen LogP contribution >= 0.6 is 0 Å². The number of rotatable bonds is 2. The van der Waals surface area contributed by atoms with Crippen LogP contribution in [0.5, 0.6) is 0 Å². The van der Waals surface area contributed by atoms with Gasteiger partial charge in [0, 0.05) is 11.1 Å². The molecule has 1 fully saturated rings. The van der Waals surface area contributed by atoms with Crippen molar-refractivity contribution in [3.8, 4) is 0 Å². The minimum absolute atomic E-state index is 0.135. The summed E-state index contributed by atoms with van der Waals surface area (Å²) in [5.74, 6) is 0.179. The molecule has 0 aromatic heterocycles. The van der Waals surface area contributed by atoms with Crippen molar-refractivity contribution >= 4 is 11.6 Å². The predicted octanol–water partition coefficient (Wildman–Crippen LogP) is 3.74. The van der Waals surface area contributed by atoms with Gasteiger partial charge in [-0.2, -0.15) is 0 Å². The fraction of sp³-hybridized carbons (Fsp3) is 0.533. The third-order valence-corrected chi connectivity index (χ3v) is 3.92. The van der Waals surface area contributed by atoms with Gasteiger partial charge in [0.25, 0.3) is 0 Å². The molecule has 2 nitrogen and oxygen atoms in total. The standard InChI is InChI=1S/C15H21NO/c1-10-8-11(2)13(12(3)9-10)16-14(17)15(4)6-5-7-15/h8-9H,5-7H2,1-4H3,(H,16,17). The van der Waals surface area contributed by atoms with Crippen molar-refractivity contribution in [3.63, 3.8) is 0 Å². The Morgan fingerprint density at radius 2 is 1.71 bits per heavy atom. The molecule has 2 heteroatoms. The van der Waals surface area contributed by atoms with Crippen LogP contribution in [-0.4, -0.2) is 5.91 Å². The molecule has 92 valence electrons. The normalized spacial score (nSPS) is 17.4. The molecule has 0 spiro atoms. The molecule has 1 saturated carbocycles. The minimum Gasteiger partial charge on any atom is -0.325 e. The highest BCUT2D eigenvalue weighted by Gasteiger charge is 2.39. The first-order chi connectivity index (χ1) is 7.92. The van der Waals surface area contributed by atoms with E-state index in [0.29, 0.717) is 0 Å². The predicted molar refractivity (Wildman–Crippen MR) is 71.2 cm³/mol. The Morgan fingerprint density at radius 3 is 2.12 bits per heavy atom. The summed E-state index contributed by atoms with van der Waals surface area (Å²) in [6.07, 6.45) is 3.21. The van der Waals surface area contributed by atoms with Gasteiger partial charge in [-0.15, -0.1) is 0 Å². The maximum absolute atomic E-state index is 12.2. The second-order valence-electron chi connectivity index (χ2n) is 5.64. The van der Waals surface area contributed by atoms with E-state index in [1.54, 1.807) is 0 Å². The first kappa shape index (κ1) is 12.2. The smallest absolute Gasteiger partial charge is 0.230 e. The maximum Gasteiger partial charge on any atom is 0.230 e. The monoisotopic (exact) mass is 231 g/mol. The molecule has 0 radical (unpaired) electrons. The van der Waals surface area contributed by atoms with Crippen LogP contribution in [-0.2, 0) is 4.79 Å². The Bertz CT molecular complexity index is 435. The van der Waals surface area contributed by atoms with Crippen molar-refractivity contribution in [1.29, 1.82) is 0 Å². The van der Waals surface area contributed by atoms with Crippen molar-refractivity contribution in [2.45, 2.75) is 47.0 Å². The van der Waals surface area contributed by atoms with Crippen molar-refractivity contribution in [3.05, 3.63) is 28.8 Å². The Morgan fingerprint density at radius 1 is 1.18 bits per heavy atom. The lowest BCUT2D eigenvalue weighted by Gasteiger charge is -2.36. The summed E-state index contributed by atoms with van der Waals surface area (Å²) in [7, 11) is 0. The number of amides is 1. The number of benzene rings is 1. The number of hydrogen-bond donors (Lipinski definition) is 1. The summed E-state index contributed by atoms with van der Waals surface area (Å²) in [4.78, 5) is 12.2. The van der Waals surface area contributed by atoms with Gasteiger partial charge in [0.1, 0.15) is 0 Å². The number of carbonyl (C=O) groups excluding carboxylic acids is 1. The molecule has 1 N–H and O–H groups in total. The first-order valence-electron chi connectivity index (χ1n) is 6.32. The average Bonchev–Trinajstić information content (AvgIpc) is 2.19. The number of aryl methyl sites for hydroxylation is 3. The molecular formula is C15H21NO. The molecule has 0 atom stereocenters. The molecule has 0 heterocycles. The van der Waals surface area contributed by atoms with Crippen molar-refractivity contribution in [2.75, 3.05) is 5.32 Å². The lowest BCUT2D eigenvalue weighted by atomic mass is 9.70. The zero-order chi connectivity index (χ0) is 12.6. The first-order valence-corrected chi connectivity index (χ1v) is 6.32. The van der Waals surface area contributed by atoms with Gasteiger partial charge in [0.2, 0.25) is 5.91 Å². The zero-order valence-electron chi connectivity index (χ0n) is 11.2. The summed E-state index contributed by atoms with van der Waals surface area (Å²) in [5, 5.41) is 3.11. The van der Waals surface area contributed by atoms with Crippen molar-refractivity contribution in [2.24, 2.45) is 5.41 Å². The number of hydrogen-bond acceptors (Lipinski definition) is 1. The van der Waals surface area contributed by atoms with E-state index in [0.717, 1.165) is 29.7 Å². The van der Waals surface area contributed by atoms with Crippen LogP contribution < -0.4 is 5.32 Å². The van der Waals surface area contributed by atoms with E-state index >= 15 is 0 Å². The third-order valence-electron chi connectivity index (χ3n) is 3.92. The molecule has 1 aliphatic carbocycles. The zero-order valence-corrected chi connectivity index (χ0v) is 11.2. The maximum atomic E-state index is 12.2. The van der Waals surface area contributed by atoms with E-state index in [1.165, 1.54) is 12.0 Å². The van der Waals surface area contributed by atoms with Crippen LogP contribution in [0.25, 0.3) is 0 Å². The molecule has 1 aliphatic rings. The van der Waals surface area contributed by atoms with Crippen LogP contribution in [0, 0.1) is 26.2 Å².